The lowest BCUT2D eigenvalue weighted by atomic mass is 9.78. The summed E-state index contributed by atoms with van der Waals surface area (Å²) in [6.45, 7) is 0.640. The second kappa shape index (κ2) is 4.73. The summed E-state index contributed by atoms with van der Waals surface area (Å²) in [4.78, 5) is 0. The minimum Gasteiger partial charge on any atom is -0.492 e. The smallest absolute Gasteiger partial charge is 0.133 e. The van der Waals surface area contributed by atoms with E-state index in [1.807, 2.05) is 0 Å². The fourth-order valence-electron chi connectivity index (χ4n) is 2.29. The fraction of sp³-hybridized carbons (Fsp3) is 0.200. The Morgan fingerprint density at radius 2 is 2.06 bits per heavy atom. The van der Waals surface area contributed by atoms with Crippen LogP contribution in [0.2, 0.25) is 0 Å². The zero-order chi connectivity index (χ0) is 12.5. The van der Waals surface area contributed by atoms with Crippen molar-refractivity contribution in [2.24, 2.45) is 0 Å². The SMILES string of the molecule is Fc1ccc(OCC2Cc3ccccc32)c(Br)c1. The molecule has 1 unspecified atom stereocenters. The average molecular weight is 307 g/mol. The molecule has 1 aliphatic carbocycles. The molecule has 0 saturated heterocycles. The number of halogens is 2. The minimum atomic E-state index is -0.261. The topological polar surface area (TPSA) is 9.23 Å². The van der Waals surface area contributed by atoms with Crippen LogP contribution in [0, 0.1) is 5.82 Å². The summed E-state index contributed by atoms with van der Waals surface area (Å²) in [5.41, 5.74) is 2.78. The largest absolute Gasteiger partial charge is 0.492 e. The summed E-state index contributed by atoms with van der Waals surface area (Å²) in [5.74, 6) is 0.891. The maximum Gasteiger partial charge on any atom is 0.133 e. The van der Waals surface area contributed by atoms with Crippen LogP contribution < -0.4 is 4.74 Å². The Morgan fingerprint density at radius 3 is 2.83 bits per heavy atom. The van der Waals surface area contributed by atoms with Crippen LogP contribution in [-0.4, -0.2) is 6.61 Å². The highest BCUT2D eigenvalue weighted by molar-refractivity contribution is 9.10. The van der Waals surface area contributed by atoms with Crippen molar-refractivity contribution in [3.8, 4) is 5.75 Å². The second-order valence-electron chi connectivity index (χ2n) is 4.49. The first-order valence-corrected chi connectivity index (χ1v) is 6.69. The van der Waals surface area contributed by atoms with Gasteiger partial charge in [-0.3, -0.25) is 0 Å². The quantitative estimate of drug-likeness (QED) is 0.821. The average Bonchev–Trinajstić information content (AvgIpc) is 2.33. The van der Waals surface area contributed by atoms with Crippen molar-refractivity contribution in [1.82, 2.24) is 0 Å². The third-order valence-electron chi connectivity index (χ3n) is 3.30. The zero-order valence-corrected chi connectivity index (χ0v) is 11.3. The molecule has 92 valence electrons. The van der Waals surface area contributed by atoms with Gasteiger partial charge in [-0.25, -0.2) is 4.39 Å². The zero-order valence-electron chi connectivity index (χ0n) is 9.70. The molecule has 2 aromatic carbocycles. The summed E-state index contributed by atoms with van der Waals surface area (Å²) < 4.78 is 19.3. The molecular weight excluding hydrogens is 295 g/mol. The molecule has 0 saturated carbocycles. The molecule has 1 atom stereocenters. The van der Waals surface area contributed by atoms with Gasteiger partial charge in [0, 0.05) is 5.92 Å². The van der Waals surface area contributed by atoms with Gasteiger partial charge in [-0.1, -0.05) is 24.3 Å². The Morgan fingerprint density at radius 1 is 1.22 bits per heavy atom. The molecule has 3 rings (SSSR count). The van der Waals surface area contributed by atoms with Gasteiger partial charge in [0.2, 0.25) is 0 Å². The van der Waals surface area contributed by atoms with Crippen LogP contribution in [0.1, 0.15) is 17.0 Å². The molecular formula is C15H12BrFO. The lowest BCUT2D eigenvalue weighted by Gasteiger charge is -2.29. The molecule has 1 aliphatic rings. The first kappa shape index (κ1) is 11.7. The first-order valence-electron chi connectivity index (χ1n) is 5.89. The molecule has 2 aromatic rings. The molecule has 0 spiro atoms. The highest BCUT2D eigenvalue weighted by atomic mass is 79.9. The van der Waals surface area contributed by atoms with Gasteiger partial charge in [-0.2, -0.15) is 0 Å². The molecule has 0 radical (unpaired) electrons. The van der Waals surface area contributed by atoms with Gasteiger partial charge in [-0.05, 0) is 51.7 Å². The normalized spacial score (nSPS) is 16.9. The lowest BCUT2D eigenvalue weighted by molar-refractivity contribution is 0.273. The summed E-state index contributed by atoms with van der Waals surface area (Å²) in [6.07, 6.45) is 1.06. The molecule has 3 heteroatoms. The number of rotatable bonds is 3. The van der Waals surface area contributed by atoms with Crippen molar-refractivity contribution in [2.75, 3.05) is 6.61 Å². The van der Waals surface area contributed by atoms with Crippen LogP contribution in [0.3, 0.4) is 0 Å². The predicted molar refractivity (Wildman–Crippen MR) is 72.5 cm³/mol. The summed E-state index contributed by atoms with van der Waals surface area (Å²) in [5, 5.41) is 0. The first-order chi connectivity index (χ1) is 8.74. The van der Waals surface area contributed by atoms with Gasteiger partial charge < -0.3 is 4.74 Å². The molecule has 0 bridgehead atoms. The summed E-state index contributed by atoms with van der Waals surface area (Å²) >= 11 is 3.30. The van der Waals surface area contributed by atoms with E-state index in [1.165, 1.54) is 23.3 Å². The van der Waals surface area contributed by atoms with Gasteiger partial charge >= 0.3 is 0 Å². The standard InChI is InChI=1S/C15H12BrFO/c16-14-8-12(17)5-6-15(14)18-9-11-7-10-3-1-2-4-13(10)11/h1-6,8,11H,7,9H2. The Bertz CT molecular complexity index is 582. The highest BCUT2D eigenvalue weighted by Gasteiger charge is 2.25. The van der Waals surface area contributed by atoms with Crippen LogP contribution in [-0.2, 0) is 6.42 Å². The molecule has 0 aliphatic heterocycles. The van der Waals surface area contributed by atoms with E-state index >= 15 is 0 Å². The van der Waals surface area contributed by atoms with Gasteiger partial charge in [-0.15, -0.1) is 0 Å². The lowest BCUT2D eigenvalue weighted by Crippen LogP contribution is -2.23. The van der Waals surface area contributed by atoms with Crippen LogP contribution in [0.5, 0.6) is 5.75 Å². The van der Waals surface area contributed by atoms with Crippen LogP contribution in [0.25, 0.3) is 0 Å². The number of fused-ring (bicyclic) bond motifs is 1. The monoisotopic (exact) mass is 306 g/mol. The van der Waals surface area contributed by atoms with Gasteiger partial charge in [0.1, 0.15) is 11.6 Å². The van der Waals surface area contributed by atoms with E-state index in [2.05, 4.69) is 40.2 Å². The van der Waals surface area contributed by atoms with Crippen molar-refractivity contribution in [3.05, 3.63) is 63.9 Å². The van der Waals surface area contributed by atoms with Crippen molar-refractivity contribution in [3.63, 3.8) is 0 Å². The van der Waals surface area contributed by atoms with E-state index in [0.29, 0.717) is 22.7 Å². The molecule has 0 amide bonds. The molecule has 0 fully saturated rings. The van der Waals surface area contributed by atoms with E-state index in [0.717, 1.165) is 6.42 Å². The molecule has 18 heavy (non-hydrogen) atoms. The second-order valence-corrected chi connectivity index (χ2v) is 5.34. The van der Waals surface area contributed by atoms with Gasteiger partial charge in [0.05, 0.1) is 11.1 Å². The van der Waals surface area contributed by atoms with Gasteiger partial charge in [0.15, 0.2) is 0 Å². The number of hydrogen-bond acceptors (Lipinski definition) is 1. The Kier molecular flexibility index (Phi) is 3.08. The molecule has 1 nitrogen and oxygen atoms in total. The van der Waals surface area contributed by atoms with E-state index in [9.17, 15) is 4.39 Å². The van der Waals surface area contributed by atoms with E-state index in [4.69, 9.17) is 4.74 Å². The predicted octanol–water partition coefficient (Wildman–Crippen LogP) is 4.31. The van der Waals surface area contributed by atoms with Crippen molar-refractivity contribution in [2.45, 2.75) is 12.3 Å². The van der Waals surface area contributed by atoms with E-state index in [1.54, 1.807) is 6.07 Å². The number of ether oxygens (including phenoxy) is 1. The van der Waals surface area contributed by atoms with Crippen molar-refractivity contribution >= 4 is 15.9 Å². The Labute approximate surface area is 114 Å². The third kappa shape index (κ3) is 2.15. The minimum absolute atomic E-state index is 0.261. The van der Waals surface area contributed by atoms with Crippen LogP contribution in [0.4, 0.5) is 4.39 Å². The summed E-state index contributed by atoms with van der Waals surface area (Å²) in [6, 6.07) is 12.9. The van der Waals surface area contributed by atoms with Gasteiger partial charge in [0.25, 0.3) is 0 Å². The van der Waals surface area contributed by atoms with Crippen molar-refractivity contribution < 1.29 is 9.13 Å². The molecule has 0 aromatic heterocycles. The summed E-state index contributed by atoms with van der Waals surface area (Å²) in [7, 11) is 0. The maximum atomic E-state index is 12.9. The Hall–Kier alpha value is -1.35. The highest BCUT2D eigenvalue weighted by Crippen LogP contribution is 2.36. The Balaban J connectivity index is 1.66. The third-order valence-corrected chi connectivity index (χ3v) is 3.91. The maximum absolute atomic E-state index is 12.9. The fourth-order valence-corrected chi connectivity index (χ4v) is 2.76. The number of hydrogen-bond donors (Lipinski definition) is 0. The molecule has 0 heterocycles. The van der Waals surface area contributed by atoms with Crippen molar-refractivity contribution in [1.29, 1.82) is 0 Å². The van der Waals surface area contributed by atoms with Crippen LogP contribution in [0.15, 0.2) is 46.9 Å². The van der Waals surface area contributed by atoms with E-state index in [-0.39, 0.29) is 5.82 Å². The van der Waals surface area contributed by atoms with Crippen LogP contribution >= 0.6 is 15.9 Å². The van der Waals surface area contributed by atoms with E-state index < -0.39 is 0 Å². The molecule has 0 N–H and O–H groups in total. The number of benzene rings is 2.